The Balaban J connectivity index is 2.93. The molecule has 1 aromatic carbocycles. The Kier molecular flexibility index (Phi) is 2.51. The molecule has 72 valence electrons. The van der Waals surface area contributed by atoms with Crippen LogP contribution >= 0.6 is 38.9 Å². The second-order valence-corrected chi connectivity index (χ2v) is 4.84. The van der Waals surface area contributed by atoms with E-state index in [0.29, 0.717) is 9.17 Å². The topological polar surface area (TPSA) is 37.3 Å². The highest BCUT2D eigenvalue weighted by Crippen LogP contribution is 2.36. The van der Waals surface area contributed by atoms with Crippen LogP contribution in [0.15, 0.2) is 22.0 Å². The van der Waals surface area contributed by atoms with E-state index in [2.05, 4.69) is 15.9 Å². The number of rotatable bonds is 1. The first-order valence-electron chi connectivity index (χ1n) is 3.69. The molecule has 2 aromatic rings. The maximum absolute atomic E-state index is 11.0. The zero-order chi connectivity index (χ0) is 10.3. The number of carbonyl (C=O) groups is 1. The Hall–Kier alpha value is -0.580. The molecule has 0 aliphatic rings. The fourth-order valence-electron chi connectivity index (χ4n) is 1.25. The first-order valence-corrected chi connectivity index (χ1v) is 5.75. The van der Waals surface area contributed by atoms with E-state index in [1.165, 1.54) is 11.3 Å². The molecule has 0 bridgehead atoms. The molecule has 0 amide bonds. The largest absolute Gasteiger partial charge is 0.478 e. The molecule has 0 aliphatic heterocycles. The fraction of sp³-hybridized carbons (Fsp3) is 0. The summed E-state index contributed by atoms with van der Waals surface area (Å²) in [6.45, 7) is 0. The van der Waals surface area contributed by atoms with E-state index >= 15 is 0 Å². The van der Waals surface area contributed by atoms with Gasteiger partial charge in [-0.3, -0.25) is 0 Å². The Labute approximate surface area is 97.2 Å². The van der Waals surface area contributed by atoms with Gasteiger partial charge in [-0.25, -0.2) is 4.79 Å². The van der Waals surface area contributed by atoms with Crippen molar-refractivity contribution in [3.63, 3.8) is 0 Å². The molecule has 14 heavy (non-hydrogen) atoms. The Morgan fingerprint density at radius 1 is 1.57 bits per heavy atom. The second kappa shape index (κ2) is 3.53. The highest BCUT2D eigenvalue weighted by atomic mass is 79.9. The standard InChI is InChI=1S/C9H4BrClO2S/c10-5-3-4-1-2-14-8(4)6(7(5)11)9(12)13/h1-3H,(H,12,13). The van der Waals surface area contributed by atoms with Gasteiger partial charge in [0.05, 0.1) is 15.3 Å². The molecular formula is C9H4BrClO2S. The van der Waals surface area contributed by atoms with Crippen molar-refractivity contribution in [2.45, 2.75) is 0 Å². The lowest BCUT2D eigenvalue weighted by Crippen LogP contribution is -1.97. The molecular weight excluding hydrogens is 288 g/mol. The van der Waals surface area contributed by atoms with Crippen LogP contribution in [0, 0.1) is 0 Å². The third-order valence-corrected chi connectivity index (χ3v) is 4.04. The van der Waals surface area contributed by atoms with E-state index in [1.54, 1.807) is 0 Å². The highest BCUT2D eigenvalue weighted by molar-refractivity contribution is 9.10. The van der Waals surface area contributed by atoms with Crippen LogP contribution in [0.5, 0.6) is 0 Å². The number of aromatic carboxylic acids is 1. The van der Waals surface area contributed by atoms with Crippen molar-refractivity contribution in [1.82, 2.24) is 0 Å². The molecule has 1 heterocycles. The number of halogens is 2. The number of carboxylic acids is 1. The maximum Gasteiger partial charge on any atom is 0.338 e. The lowest BCUT2D eigenvalue weighted by molar-refractivity contribution is 0.0699. The van der Waals surface area contributed by atoms with E-state index in [0.717, 1.165) is 5.39 Å². The molecule has 0 saturated heterocycles. The molecule has 2 nitrogen and oxygen atoms in total. The molecule has 0 atom stereocenters. The Morgan fingerprint density at radius 3 is 2.93 bits per heavy atom. The third kappa shape index (κ3) is 1.43. The Bertz CT molecular complexity index is 521. The summed E-state index contributed by atoms with van der Waals surface area (Å²) in [5.41, 5.74) is 0.172. The van der Waals surface area contributed by atoms with Crippen LogP contribution in [-0.2, 0) is 0 Å². The van der Waals surface area contributed by atoms with Gasteiger partial charge in [0.25, 0.3) is 0 Å². The molecule has 0 saturated carbocycles. The number of hydrogen-bond donors (Lipinski definition) is 1. The van der Waals surface area contributed by atoms with Crippen molar-refractivity contribution in [2.75, 3.05) is 0 Å². The van der Waals surface area contributed by atoms with Gasteiger partial charge in [-0.2, -0.15) is 0 Å². The van der Waals surface area contributed by atoms with Gasteiger partial charge >= 0.3 is 5.97 Å². The van der Waals surface area contributed by atoms with Crippen LogP contribution < -0.4 is 0 Å². The molecule has 1 N–H and O–H groups in total. The normalized spacial score (nSPS) is 10.7. The van der Waals surface area contributed by atoms with Gasteiger partial charge in [-0.15, -0.1) is 11.3 Å². The van der Waals surface area contributed by atoms with Crippen molar-refractivity contribution in [2.24, 2.45) is 0 Å². The summed E-state index contributed by atoms with van der Waals surface area (Å²) >= 11 is 10.5. The van der Waals surface area contributed by atoms with Gasteiger partial charge in [-0.05, 0) is 38.8 Å². The number of thiophene rings is 1. The number of hydrogen-bond acceptors (Lipinski definition) is 2. The van der Waals surface area contributed by atoms with Crippen molar-refractivity contribution < 1.29 is 9.90 Å². The molecule has 0 unspecified atom stereocenters. The summed E-state index contributed by atoms with van der Waals surface area (Å²) in [5.74, 6) is -0.997. The third-order valence-electron chi connectivity index (χ3n) is 1.85. The SMILES string of the molecule is O=C(O)c1c(Cl)c(Br)cc2ccsc12. The number of carboxylic acid groups (broad SMARTS) is 1. The first-order chi connectivity index (χ1) is 6.61. The number of fused-ring (bicyclic) bond motifs is 1. The van der Waals surface area contributed by atoms with Crippen LogP contribution in [0.3, 0.4) is 0 Å². The minimum Gasteiger partial charge on any atom is -0.478 e. The second-order valence-electron chi connectivity index (χ2n) is 2.69. The van der Waals surface area contributed by atoms with Crippen LogP contribution in [0.4, 0.5) is 0 Å². The van der Waals surface area contributed by atoms with E-state index in [-0.39, 0.29) is 10.6 Å². The van der Waals surface area contributed by atoms with Crippen LogP contribution in [0.25, 0.3) is 10.1 Å². The van der Waals surface area contributed by atoms with E-state index < -0.39 is 5.97 Å². The Morgan fingerprint density at radius 2 is 2.29 bits per heavy atom. The summed E-state index contributed by atoms with van der Waals surface area (Å²) in [6.07, 6.45) is 0. The quantitative estimate of drug-likeness (QED) is 0.862. The predicted molar refractivity (Wildman–Crippen MR) is 61.5 cm³/mol. The lowest BCUT2D eigenvalue weighted by atomic mass is 10.2. The molecule has 0 radical (unpaired) electrons. The smallest absolute Gasteiger partial charge is 0.338 e. The summed E-state index contributed by atoms with van der Waals surface area (Å²) in [5, 5.41) is 12.0. The summed E-state index contributed by atoms with van der Waals surface area (Å²) in [6, 6.07) is 3.69. The minimum atomic E-state index is -0.997. The maximum atomic E-state index is 11.0. The van der Waals surface area contributed by atoms with Crippen LogP contribution in [0.2, 0.25) is 5.02 Å². The van der Waals surface area contributed by atoms with Crippen molar-refractivity contribution >= 4 is 54.9 Å². The van der Waals surface area contributed by atoms with Crippen LogP contribution in [-0.4, -0.2) is 11.1 Å². The van der Waals surface area contributed by atoms with Crippen molar-refractivity contribution in [1.29, 1.82) is 0 Å². The predicted octanol–water partition coefficient (Wildman–Crippen LogP) is 4.02. The minimum absolute atomic E-state index is 0.172. The molecule has 0 fully saturated rings. The van der Waals surface area contributed by atoms with E-state index in [4.69, 9.17) is 16.7 Å². The average molecular weight is 292 g/mol. The molecule has 5 heteroatoms. The summed E-state index contributed by atoms with van der Waals surface area (Å²) in [4.78, 5) is 11.0. The highest BCUT2D eigenvalue weighted by Gasteiger charge is 2.17. The zero-order valence-corrected chi connectivity index (χ0v) is 9.91. The lowest BCUT2D eigenvalue weighted by Gasteiger charge is -2.02. The van der Waals surface area contributed by atoms with Gasteiger partial charge in [0, 0.05) is 4.47 Å². The molecule has 0 aliphatic carbocycles. The van der Waals surface area contributed by atoms with E-state index in [9.17, 15) is 4.79 Å². The van der Waals surface area contributed by atoms with Gasteiger partial charge in [0.2, 0.25) is 0 Å². The van der Waals surface area contributed by atoms with Crippen molar-refractivity contribution in [3.8, 4) is 0 Å². The average Bonchev–Trinajstić information content (AvgIpc) is 2.52. The summed E-state index contributed by atoms with van der Waals surface area (Å²) in [7, 11) is 0. The molecule has 0 spiro atoms. The zero-order valence-electron chi connectivity index (χ0n) is 6.75. The van der Waals surface area contributed by atoms with Crippen LogP contribution in [0.1, 0.15) is 10.4 Å². The van der Waals surface area contributed by atoms with E-state index in [1.807, 2.05) is 17.5 Å². The number of benzene rings is 1. The van der Waals surface area contributed by atoms with Gasteiger partial charge in [0.15, 0.2) is 0 Å². The van der Waals surface area contributed by atoms with Gasteiger partial charge in [-0.1, -0.05) is 11.6 Å². The first kappa shape index (κ1) is 9.96. The summed E-state index contributed by atoms with van der Waals surface area (Å²) < 4.78 is 1.33. The van der Waals surface area contributed by atoms with Gasteiger partial charge in [0.1, 0.15) is 0 Å². The fourth-order valence-corrected chi connectivity index (χ4v) is 2.90. The molecule has 2 rings (SSSR count). The monoisotopic (exact) mass is 290 g/mol. The molecule has 1 aromatic heterocycles. The van der Waals surface area contributed by atoms with Gasteiger partial charge < -0.3 is 5.11 Å². The van der Waals surface area contributed by atoms with Crippen molar-refractivity contribution in [3.05, 3.63) is 32.6 Å².